The number of nitrogens with one attached hydrogen (secondary N) is 1. The van der Waals surface area contributed by atoms with Gasteiger partial charge in [-0.2, -0.15) is 0 Å². The number of amides is 1. The molecule has 3 unspecified atom stereocenters. The first-order valence-electron chi connectivity index (χ1n) is 5.62. The standard InChI is InChI=1S/C11H21NO4S/c1-5-9(3)12-10(13)7-17(15)6-8(2)11(14)16-4/h8-9H,5-7H2,1-4H3,(H,12,13). The molecule has 0 aliphatic carbocycles. The molecule has 0 heterocycles. The Labute approximate surface area is 105 Å². The summed E-state index contributed by atoms with van der Waals surface area (Å²) < 4.78 is 16.1. The minimum absolute atomic E-state index is 0.0638. The third-order valence-corrected chi connectivity index (χ3v) is 3.81. The molecule has 5 nitrogen and oxygen atoms in total. The maximum Gasteiger partial charge on any atom is 0.309 e. The van der Waals surface area contributed by atoms with Crippen molar-refractivity contribution in [1.29, 1.82) is 0 Å². The van der Waals surface area contributed by atoms with E-state index in [9.17, 15) is 13.8 Å². The van der Waals surface area contributed by atoms with Crippen molar-refractivity contribution < 1.29 is 18.5 Å². The molecule has 0 saturated carbocycles. The maximum absolute atomic E-state index is 11.6. The summed E-state index contributed by atoms with van der Waals surface area (Å²) in [6, 6.07) is 0.0810. The Bertz CT molecular complexity index is 293. The Hall–Kier alpha value is -0.910. The molecule has 0 rings (SSSR count). The molecule has 100 valence electrons. The minimum Gasteiger partial charge on any atom is -0.469 e. The Kier molecular flexibility index (Phi) is 7.78. The van der Waals surface area contributed by atoms with E-state index >= 15 is 0 Å². The summed E-state index contributed by atoms with van der Waals surface area (Å²) in [5.74, 6) is -1.00. The fourth-order valence-electron chi connectivity index (χ4n) is 1.17. The van der Waals surface area contributed by atoms with Crippen molar-refractivity contribution >= 4 is 22.7 Å². The van der Waals surface area contributed by atoms with Gasteiger partial charge in [-0.25, -0.2) is 0 Å². The molecule has 0 aromatic rings. The zero-order valence-corrected chi connectivity index (χ0v) is 11.6. The van der Waals surface area contributed by atoms with E-state index in [1.165, 1.54) is 7.11 Å². The fraction of sp³-hybridized carbons (Fsp3) is 0.818. The van der Waals surface area contributed by atoms with E-state index in [0.29, 0.717) is 0 Å². The topological polar surface area (TPSA) is 72.5 Å². The molecule has 0 fully saturated rings. The molecule has 0 aromatic heterocycles. The first-order chi connectivity index (χ1) is 7.90. The summed E-state index contributed by atoms with van der Waals surface area (Å²) in [5.41, 5.74) is 0. The number of methoxy groups -OCH3 is 1. The van der Waals surface area contributed by atoms with Crippen LogP contribution in [0.3, 0.4) is 0 Å². The number of esters is 1. The Morgan fingerprint density at radius 3 is 2.41 bits per heavy atom. The second-order valence-corrected chi connectivity index (χ2v) is 5.55. The lowest BCUT2D eigenvalue weighted by atomic mass is 10.2. The van der Waals surface area contributed by atoms with Gasteiger partial charge in [-0.1, -0.05) is 13.8 Å². The monoisotopic (exact) mass is 263 g/mol. The molecule has 1 amide bonds. The van der Waals surface area contributed by atoms with Crippen LogP contribution in [0.15, 0.2) is 0 Å². The third-order valence-electron chi connectivity index (χ3n) is 2.35. The lowest BCUT2D eigenvalue weighted by Crippen LogP contribution is -2.36. The highest BCUT2D eigenvalue weighted by molar-refractivity contribution is 7.85. The smallest absolute Gasteiger partial charge is 0.309 e. The van der Waals surface area contributed by atoms with E-state index in [-0.39, 0.29) is 23.5 Å². The minimum atomic E-state index is -1.33. The summed E-state index contributed by atoms with van der Waals surface area (Å²) >= 11 is 0. The van der Waals surface area contributed by atoms with Gasteiger partial charge in [0.1, 0.15) is 5.75 Å². The number of rotatable bonds is 7. The van der Waals surface area contributed by atoms with Gasteiger partial charge in [0.2, 0.25) is 5.91 Å². The van der Waals surface area contributed by atoms with Crippen LogP contribution in [0.25, 0.3) is 0 Å². The zero-order valence-electron chi connectivity index (χ0n) is 10.8. The van der Waals surface area contributed by atoms with Crippen LogP contribution < -0.4 is 5.32 Å². The molecule has 6 heteroatoms. The Balaban J connectivity index is 4.01. The largest absolute Gasteiger partial charge is 0.469 e. The van der Waals surface area contributed by atoms with Crippen LogP contribution in [-0.2, 0) is 25.1 Å². The van der Waals surface area contributed by atoms with Crippen LogP contribution in [0.2, 0.25) is 0 Å². The second kappa shape index (κ2) is 8.22. The van der Waals surface area contributed by atoms with E-state index in [4.69, 9.17) is 0 Å². The molecular formula is C11H21NO4S. The van der Waals surface area contributed by atoms with Gasteiger partial charge in [-0.05, 0) is 13.3 Å². The summed E-state index contributed by atoms with van der Waals surface area (Å²) in [7, 11) is -0.0446. The van der Waals surface area contributed by atoms with Gasteiger partial charge in [0.15, 0.2) is 0 Å². The molecule has 0 aliphatic heterocycles. The molecule has 3 atom stereocenters. The van der Waals surface area contributed by atoms with Crippen LogP contribution in [0.4, 0.5) is 0 Å². The SMILES string of the molecule is CCC(C)NC(=O)CS(=O)CC(C)C(=O)OC. The predicted molar refractivity (Wildman–Crippen MR) is 67.0 cm³/mol. The van der Waals surface area contributed by atoms with Crippen LogP contribution >= 0.6 is 0 Å². The van der Waals surface area contributed by atoms with Crippen molar-refractivity contribution in [3.63, 3.8) is 0 Å². The van der Waals surface area contributed by atoms with Gasteiger partial charge in [0.25, 0.3) is 0 Å². The van der Waals surface area contributed by atoms with E-state index in [1.807, 2.05) is 13.8 Å². The second-order valence-electron chi connectivity index (χ2n) is 4.05. The van der Waals surface area contributed by atoms with E-state index in [0.717, 1.165) is 6.42 Å². The number of carbonyl (C=O) groups excluding carboxylic acids is 2. The van der Waals surface area contributed by atoms with Crippen LogP contribution in [0.1, 0.15) is 27.2 Å². The molecule has 17 heavy (non-hydrogen) atoms. The summed E-state index contributed by atoms with van der Waals surface area (Å²) in [5, 5.41) is 2.73. The van der Waals surface area contributed by atoms with Crippen molar-refractivity contribution in [2.75, 3.05) is 18.6 Å². The van der Waals surface area contributed by atoms with Gasteiger partial charge in [-0.15, -0.1) is 0 Å². The maximum atomic E-state index is 11.6. The summed E-state index contributed by atoms with van der Waals surface area (Å²) in [4.78, 5) is 22.5. The number of hydrogen-bond acceptors (Lipinski definition) is 4. The predicted octanol–water partition coefficient (Wildman–Crippen LogP) is 0.459. The number of ether oxygens (including phenoxy) is 1. The van der Waals surface area contributed by atoms with Gasteiger partial charge < -0.3 is 10.1 Å². The fourth-order valence-corrected chi connectivity index (χ4v) is 2.36. The van der Waals surface area contributed by atoms with Crippen molar-refractivity contribution in [1.82, 2.24) is 5.32 Å². The Morgan fingerprint density at radius 2 is 1.94 bits per heavy atom. The van der Waals surface area contributed by atoms with Crippen LogP contribution in [0.5, 0.6) is 0 Å². The Morgan fingerprint density at radius 1 is 1.35 bits per heavy atom. The van der Waals surface area contributed by atoms with Crippen molar-refractivity contribution in [2.24, 2.45) is 5.92 Å². The van der Waals surface area contributed by atoms with Gasteiger partial charge in [-0.3, -0.25) is 13.8 Å². The van der Waals surface area contributed by atoms with Crippen molar-refractivity contribution in [3.05, 3.63) is 0 Å². The normalized spacial score (nSPS) is 15.8. The lowest BCUT2D eigenvalue weighted by molar-refractivity contribution is -0.144. The molecule has 0 aromatic carbocycles. The number of carbonyl (C=O) groups is 2. The highest BCUT2D eigenvalue weighted by atomic mass is 32.2. The lowest BCUT2D eigenvalue weighted by Gasteiger charge is -2.12. The first kappa shape index (κ1) is 16.1. The summed E-state index contributed by atoms with van der Waals surface area (Å²) in [6.07, 6.45) is 0.830. The van der Waals surface area contributed by atoms with Crippen molar-refractivity contribution in [3.8, 4) is 0 Å². The molecule has 1 N–H and O–H groups in total. The van der Waals surface area contributed by atoms with Gasteiger partial charge in [0.05, 0.1) is 13.0 Å². The van der Waals surface area contributed by atoms with Gasteiger partial charge >= 0.3 is 5.97 Å². The molecule has 0 aliphatic rings. The molecule has 0 saturated heterocycles. The highest BCUT2D eigenvalue weighted by Gasteiger charge is 2.18. The van der Waals surface area contributed by atoms with E-state index in [1.54, 1.807) is 6.92 Å². The van der Waals surface area contributed by atoms with E-state index in [2.05, 4.69) is 10.1 Å². The van der Waals surface area contributed by atoms with Crippen molar-refractivity contribution in [2.45, 2.75) is 33.2 Å². The zero-order chi connectivity index (χ0) is 13.4. The first-order valence-corrected chi connectivity index (χ1v) is 7.11. The molecule has 0 spiro atoms. The number of hydrogen-bond donors (Lipinski definition) is 1. The van der Waals surface area contributed by atoms with Crippen LogP contribution in [-0.4, -0.2) is 40.7 Å². The van der Waals surface area contributed by atoms with Gasteiger partial charge in [0, 0.05) is 22.6 Å². The molecular weight excluding hydrogens is 242 g/mol. The molecule has 0 radical (unpaired) electrons. The highest BCUT2D eigenvalue weighted by Crippen LogP contribution is 2.01. The van der Waals surface area contributed by atoms with E-state index < -0.39 is 22.7 Å². The molecule has 0 bridgehead atoms. The van der Waals surface area contributed by atoms with Crippen LogP contribution in [0, 0.1) is 5.92 Å². The summed E-state index contributed by atoms with van der Waals surface area (Å²) in [6.45, 7) is 5.48. The third kappa shape index (κ3) is 7.10. The average molecular weight is 263 g/mol. The average Bonchev–Trinajstić information content (AvgIpc) is 2.26. The quantitative estimate of drug-likeness (QED) is 0.677.